The van der Waals surface area contributed by atoms with Gasteiger partial charge in [0.1, 0.15) is 22.5 Å². The number of nitrogens with zero attached hydrogens (tertiary/aromatic N) is 2. The molecule has 2 aromatic heterocycles. The summed E-state index contributed by atoms with van der Waals surface area (Å²) in [6.45, 7) is 3.41. The first-order chi connectivity index (χ1) is 16.7. The van der Waals surface area contributed by atoms with E-state index >= 15 is 0 Å². The predicted molar refractivity (Wildman–Crippen MR) is 138 cm³/mol. The number of aromatic nitrogens is 2. The van der Waals surface area contributed by atoms with Gasteiger partial charge in [-0.05, 0) is 50.2 Å². The molecule has 178 valence electrons. The van der Waals surface area contributed by atoms with Gasteiger partial charge in [-0.25, -0.2) is 9.97 Å². The molecule has 34 heavy (non-hydrogen) atoms. The number of para-hydroxylation sites is 2. The molecule has 0 aliphatic rings. The molecule has 0 radical (unpaired) electrons. The molecule has 4 N–H and O–H groups in total. The number of hydrogen-bond donors (Lipinski definition) is 4. The van der Waals surface area contributed by atoms with Gasteiger partial charge in [0, 0.05) is 23.9 Å². The first-order valence-corrected chi connectivity index (χ1v) is 12.3. The van der Waals surface area contributed by atoms with Crippen LogP contribution in [0.5, 0.6) is 11.5 Å². The van der Waals surface area contributed by atoms with Crippen molar-refractivity contribution in [3.8, 4) is 11.5 Å². The highest BCUT2D eigenvalue weighted by molar-refractivity contribution is 5.84. The molecule has 0 atom stereocenters. The maximum atomic E-state index is 9.95. The summed E-state index contributed by atoms with van der Waals surface area (Å²) in [4.78, 5) is 9.12. The number of benzene rings is 2. The maximum absolute atomic E-state index is 9.95. The number of aromatic hydroxyl groups is 2. The van der Waals surface area contributed by atoms with E-state index in [0.717, 1.165) is 61.2 Å². The van der Waals surface area contributed by atoms with Gasteiger partial charge in [0.15, 0.2) is 0 Å². The van der Waals surface area contributed by atoms with Crippen molar-refractivity contribution in [1.29, 1.82) is 0 Å². The van der Waals surface area contributed by atoms with Crippen LogP contribution < -0.4 is 10.6 Å². The predicted octanol–water partition coefficient (Wildman–Crippen LogP) is 5.41. The van der Waals surface area contributed by atoms with Gasteiger partial charge in [-0.1, -0.05) is 62.1 Å². The van der Waals surface area contributed by atoms with Crippen LogP contribution in [0, 0.1) is 0 Å². The Kier molecular flexibility index (Phi) is 8.65. The Morgan fingerprint density at radius 3 is 1.44 bits per heavy atom. The maximum Gasteiger partial charge on any atom is 0.141 e. The second kappa shape index (κ2) is 12.3. The molecule has 0 aliphatic carbocycles. The van der Waals surface area contributed by atoms with Crippen LogP contribution in [0.15, 0.2) is 60.7 Å². The van der Waals surface area contributed by atoms with Crippen molar-refractivity contribution >= 4 is 21.8 Å². The Morgan fingerprint density at radius 1 is 0.529 bits per heavy atom. The molecule has 0 saturated carbocycles. The molecule has 0 unspecified atom stereocenters. The summed E-state index contributed by atoms with van der Waals surface area (Å²) in [5.41, 5.74) is 3.25. The lowest BCUT2D eigenvalue weighted by Crippen LogP contribution is -2.16. The zero-order valence-corrected chi connectivity index (χ0v) is 19.6. The SMILES string of the molecule is Oc1cccc2ccc(CNCCCCCCCCNCc3ccc4cccc(O)c4n3)nc12. The third-order valence-corrected chi connectivity index (χ3v) is 6.08. The van der Waals surface area contributed by atoms with Crippen molar-refractivity contribution in [1.82, 2.24) is 20.6 Å². The number of fused-ring (bicyclic) bond motifs is 2. The quantitative estimate of drug-likeness (QED) is 0.200. The van der Waals surface area contributed by atoms with Crippen molar-refractivity contribution in [3.63, 3.8) is 0 Å². The summed E-state index contributed by atoms with van der Waals surface area (Å²) >= 11 is 0. The Labute approximate surface area is 201 Å². The smallest absolute Gasteiger partial charge is 0.141 e. The molecule has 6 nitrogen and oxygen atoms in total. The van der Waals surface area contributed by atoms with Crippen molar-refractivity contribution in [2.45, 2.75) is 51.6 Å². The van der Waals surface area contributed by atoms with E-state index in [2.05, 4.69) is 20.6 Å². The van der Waals surface area contributed by atoms with Crippen LogP contribution >= 0.6 is 0 Å². The average Bonchev–Trinajstić information content (AvgIpc) is 2.85. The summed E-state index contributed by atoms with van der Waals surface area (Å²) in [5, 5.41) is 28.8. The highest BCUT2D eigenvalue weighted by Gasteiger charge is 2.04. The van der Waals surface area contributed by atoms with Crippen LogP contribution in [0.3, 0.4) is 0 Å². The van der Waals surface area contributed by atoms with E-state index in [0.29, 0.717) is 11.0 Å². The number of phenols is 2. The fraction of sp³-hybridized carbons (Fsp3) is 0.357. The standard InChI is InChI=1S/C28H34N4O2/c33-25-11-7-9-21-13-15-23(31-27(21)25)19-29-17-5-3-1-2-4-6-18-30-20-24-16-14-22-10-8-12-26(34)28(22)32-24/h7-16,29-30,33-34H,1-6,17-20H2. The molecule has 0 saturated heterocycles. The number of hydrogen-bond acceptors (Lipinski definition) is 6. The molecule has 4 aromatic rings. The average molecular weight is 459 g/mol. The summed E-state index contributed by atoms with van der Waals surface area (Å²) in [6, 6.07) is 19.0. The summed E-state index contributed by atoms with van der Waals surface area (Å²) in [6.07, 6.45) is 7.31. The first kappa shape index (κ1) is 23.9. The Morgan fingerprint density at radius 2 is 0.971 bits per heavy atom. The van der Waals surface area contributed by atoms with E-state index in [-0.39, 0.29) is 11.5 Å². The minimum Gasteiger partial charge on any atom is -0.506 e. The fourth-order valence-electron chi connectivity index (χ4n) is 4.18. The van der Waals surface area contributed by atoms with Crippen LogP contribution in [0.4, 0.5) is 0 Å². The lowest BCUT2D eigenvalue weighted by molar-refractivity contribution is 0.479. The van der Waals surface area contributed by atoms with Crippen molar-refractivity contribution in [2.24, 2.45) is 0 Å². The van der Waals surface area contributed by atoms with Crippen LogP contribution in [0.1, 0.15) is 49.9 Å². The van der Waals surface area contributed by atoms with Crippen LogP contribution in [-0.4, -0.2) is 33.3 Å². The Bertz CT molecular complexity index is 1120. The number of unbranched alkanes of at least 4 members (excludes halogenated alkanes) is 5. The number of pyridine rings is 2. The Balaban J connectivity index is 1.02. The van der Waals surface area contributed by atoms with E-state index in [1.165, 1.54) is 25.7 Å². The lowest BCUT2D eigenvalue weighted by atomic mass is 10.1. The highest BCUT2D eigenvalue weighted by atomic mass is 16.3. The number of phenolic OH excluding ortho intramolecular Hbond substituents is 2. The molecule has 0 spiro atoms. The third kappa shape index (κ3) is 6.65. The van der Waals surface area contributed by atoms with Crippen molar-refractivity contribution in [2.75, 3.05) is 13.1 Å². The van der Waals surface area contributed by atoms with E-state index in [1.54, 1.807) is 12.1 Å². The molecule has 0 amide bonds. The van der Waals surface area contributed by atoms with Crippen molar-refractivity contribution < 1.29 is 10.2 Å². The van der Waals surface area contributed by atoms with Crippen LogP contribution in [0.25, 0.3) is 21.8 Å². The summed E-state index contributed by atoms with van der Waals surface area (Å²) in [7, 11) is 0. The molecule has 0 aliphatic heterocycles. The van der Waals surface area contributed by atoms with Gasteiger partial charge in [0.05, 0.1) is 11.4 Å². The second-order valence-corrected chi connectivity index (χ2v) is 8.78. The molecular formula is C28H34N4O2. The monoisotopic (exact) mass is 458 g/mol. The topological polar surface area (TPSA) is 90.3 Å². The van der Waals surface area contributed by atoms with E-state index in [9.17, 15) is 10.2 Å². The van der Waals surface area contributed by atoms with Gasteiger partial charge in [-0.15, -0.1) is 0 Å². The zero-order chi connectivity index (χ0) is 23.6. The summed E-state index contributed by atoms with van der Waals surface area (Å²) in [5.74, 6) is 0.473. The van der Waals surface area contributed by atoms with E-state index in [1.807, 2.05) is 48.5 Å². The zero-order valence-electron chi connectivity index (χ0n) is 19.6. The highest BCUT2D eigenvalue weighted by Crippen LogP contribution is 2.23. The molecule has 2 heterocycles. The van der Waals surface area contributed by atoms with Gasteiger partial charge in [-0.3, -0.25) is 0 Å². The van der Waals surface area contributed by atoms with Gasteiger partial charge in [0.25, 0.3) is 0 Å². The number of nitrogens with one attached hydrogen (secondary N) is 2. The van der Waals surface area contributed by atoms with Gasteiger partial charge >= 0.3 is 0 Å². The number of rotatable bonds is 13. The second-order valence-electron chi connectivity index (χ2n) is 8.78. The van der Waals surface area contributed by atoms with Gasteiger partial charge < -0.3 is 20.8 Å². The normalized spacial score (nSPS) is 11.4. The molecule has 6 heteroatoms. The van der Waals surface area contributed by atoms with Gasteiger partial charge in [-0.2, -0.15) is 0 Å². The first-order valence-electron chi connectivity index (χ1n) is 12.3. The molecule has 4 rings (SSSR count). The lowest BCUT2D eigenvalue weighted by Gasteiger charge is -2.07. The fourth-order valence-corrected chi connectivity index (χ4v) is 4.18. The van der Waals surface area contributed by atoms with Crippen LogP contribution in [0.2, 0.25) is 0 Å². The van der Waals surface area contributed by atoms with Crippen molar-refractivity contribution in [3.05, 3.63) is 72.1 Å². The van der Waals surface area contributed by atoms with E-state index < -0.39 is 0 Å². The van der Waals surface area contributed by atoms with Gasteiger partial charge in [0.2, 0.25) is 0 Å². The minimum absolute atomic E-state index is 0.236. The largest absolute Gasteiger partial charge is 0.506 e. The molecule has 0 fully saturated rings. The third-order valence-electron chi connectivity index (χ3n) is 6.08. The van der Waals surface area contributed by atoms with E-state index in [4.69, 9.17) is 0 Å². The van der Waals surface area contributed by atoms with Crippen LogP contribution in [-0.2, 0) is 13.1 Å². The molecule has 0 bridgehead atoms. The molecular weight excluding hydrogens is 424 g/mol. The minimum atomic E-state index is 0.236. The summed E-state index contributed by atoms with van der Waals surface area (Å²) < 4.78 is 0. The Hall–Kier alpha value is -3.22. The molecule has 2 aromatic carbocycles.